The molecule has 0 spiro atoms. The number of rotatable bonds is 4. The number of amides is 1. The third kappa shape index (κ3) is 3.84. The van der Waals surface area contributed by atoms with Gasteiger partial charge in [0.25, 0.3) is 5.91 Å². The van der Waals surface area contributed by atoms with Crippen molar-refractivity contribution in [1.29, 1.82) is 0 Å². The summed E-state index contributed by atoms with van der Waals surface area (Å²) >= 11 is 12.6. The van der Waals surface area contributed by atoms with Gasteiger partial charge in [-0.1, -0.05) is 23.2 Å². The number of carbonyl (C=O) groups is 1. The zero-order valence-electron chi connectivity index (χ0n) is 18.7. The lowest BCUT2D eigenvalue weighted by Crippen LogP contribution is -2.47. The predicted molar refractivity (Wildman–Crippen MR) is 128 cm³/mol. The van der Waals surface area contributed by atoms with Crippen LogP contribution in [0, 0.1) is 0 Å². The normalized spacial score (nSPS) is 15.4. The van der Waals surface area contributed by atoms with Crippen molar-refractivity contribution < 1.29 is 14.3 Å². The van der Waals surface area contributed by atoms with Crippen LogP contribution in [0.25, 0.3) is 16.9 Å². The van der Waals surface area contributed by atoms with Crippen molar-refractivity contribution in [2.75, 3.05) is 47.4 Å². The van der Waals surface area contributed by atoms with Gasteiger partial charge in [-0.25, -0.2) is 4.68 Å². The van der Waals surface area contributed by atoms with E-state index in [0.717, 1.165) is 35.5 Å². The molecule has 0 atom stereocenters. The maximum absolute atomic E-state index is 13.6. The van der Waals surface area contributed by atoms with E-state index in [0.29, 0.717) is 52.4 Å². The highest BCUT2D eigenvalue weighted by Gasteiger charge is 2.34. The first-order valence-electron chi connectivity index (χ1n) is 10.7. The summed E-state index contributed by atoms with van der Waals surface area (Å²) in [6.45, 7) is 3.03. The average Bonchev–Trinajstić information content (AvgIpc) is 3.34. The van der Waals surface area contributed by atoms with Gasteiger partial charge in [-0.15, -0.1) is 0 Å². The van der Waals surface area contributed by atoms with Gasteiger partial charge in [0.15, 0.2) is 17.2 Å². The van der Waals surface area contributed by atoms with Crippen molar-refractivity contribution >= 4 is 29.1 Å². The minimum atomic E-state index is -0.0574. The highest BCUT2D eigenvalue weighted by Crippen LogP contribution is 2.45. The number of hydrogen-bond donors (Lipinski definition) is 0. The number of aromatic nitrogens is 2. The fourth-order valence-electron chi connectivity index (χ4n) is 4.55. The van der Waals surface area contributed by atoms with Crippen LogP contribution in [0.3, 0.4) is 0 Å². The molecule has 33 heavy (non-hydrogen) atoms. The zero-order chi connectivity index (χ0) is 23.3. The first-order valence-corrected chi connectivity index (χ1v) is 11.5. The van der Waals surface area contributed by atoms with E-state index in [1.54, 1.807) is 37.1 Å². The second-order valence-electron chi connectivity index (χ2n) is 8.35. The number of benzene rings is 2. The molecule has 0 unspecified atom stereocenters. The average molecular weight is 487 g/mol. The van der Waals surface area contributed by atoms with Crippen molar-refractivity contribution in [2.24, 2.45) is 0 Å². The van der Waals surface area contributed by atoms with Crippen LogP contribution >= 0.6 is 23.2 Å². The molecule has 5 rings (SSSR count). The van der Waals surface area contributed by atoms with Gasteiger partial charge >= 0.3 is 0 Å². The van der Waals surface area contributed by atoms with Crippen LogP contribution in [0.15, 0.2) is 30.3 Å². The summed E-state index contributed by atoms with van der Waals surface area (Å²) < 4.78 is 12.8. The molecule has 1 amide bonds. The van der Waals surface area contributed by atoms with Gasteiger partial charge in [0, 0.05) is 53.8 Å². The minimum absolute atomic E-state index is 0.0574. The van der Waals surface area contributed by atoms with Gasteiger partial charge in [-0.2, -0.15) is 5.10 Å². The quantitative estimate of drug-likeness (QED) is 0.433. The number of piperazine rings is 1. The number of halogens is 2. The number of likely N-dealkylation sites (N-methyl/N-ethyl adjacent to an activating group) is 1. The van der Waals surface area contributed by atoms with Crippen LogP contribution in [0.5, 0.6) is 11.5 Å². The molecule has 0 N–H and O–H groups in total. The molecule has 0 bridgehead atoms. The third-order valence-corrected chi connectivity index (χ3v) is 6.74. The van der Waals surface area contributed by atoms with Crippen molar-refractivity contribution in [2.45, 2.75) is 6.42 Å². The molecule has 9 heteroatoms. The lowest BCUT2D eigenvalue weighted by Gasteiger charge is -2.32. The Hall–Kier alpha value is -2.74. The highest BCUT2D eigenvalue weighted by atomic mass is 35.5. The molecule has 1 aromatic heterocycles. The Labute approximate surface area is 202 Å². The first kappa shape index (κ1) is 22.1. The van der Waals surface area contributed by atoms with Crippen molar-refractivity contribution in [3.05, 3.63) is 57.2 Å². The van der Waals surface area contributed by atoms with Gasteiger partial charge in [-0.3, -0.25) is 4.79 Å². The molecule has 7 nitrogen and oxygen atoms in total. The Kier molecular flexibility index (Phi) is 5.72. The Balaban J connectivity index is 1.68. The molecular weight excluding hydrogens is 463 g/mol. The van der Waals surface area contributed by atoms with Gasteiger partial charge in [0.05, 0.1) is 25.6 Å². The number of methoxy groups -OCH3 is 2. The molecule has 2 aromatic carbocycles. The Morgan fingerprint density at radius 3 is 2.21 bits per heavy atom. The monoisotopic (exact) mass is 486 g/mol. The van der Waals surface area contributed by atoms with Crippen molar-refractivity contribution in [3.63, 3.8) is 0 Å². The molecule has 2 aliphatic rings. The first-order chi connectivity index (χ1) is 15.9. The van der Waals surface area contributed by atoms with E-state index in [9.17, 15) is 4.79 Å². The lowest BCUT2D eigenvalue weighted by atomic mass is 10.1. The minimum Gasteiger partial charge on any atom is -0.493 e. The Bertz CT molecular complexity index is 1230. The second kappa shape index (κ2) is 8.56. The summed E-state index contributed by atoms with van der Waals surface area (Å²) in [6.07, 6.45) is 0.578. The zero-order valence-corrected chi connectivity index (χ0v) is 20.2. The van der Waals surface area contributed by atoms with E-state index >= 15 is 0 Å². The molecule has 0 saturated carbocycles. The smallest absolute Gasteiger partial charge is 0.274 e. The van der Waals surface area contributed by atoms with E-state index in [1.807, 2.05) is 17.0 Å². The predicted octanol–water partition coefficient (Wildman–Crippen LogP) is 4.16. The summed E-state index contributed by atoms with van der Waals surface area (Å²) in [7, 11) is 5.29. The van der Waals surface area contributed by atoms with E-state index < -0.39 is 0 Å². The molecule has 1 saturated heterocycles. The lowest BCUT2D eigenvalue weighted by molar-refractivity contribution is 0.0657. The topological polar surface area (TPSA) is 59.8 Å². The molecule has 0 radical (unpaired) electrons. The van der Waals surface area contributed by atoms with Crippen LogP contribution in [-0.4, -0.2) is 72.9 Å². The Morgan fingerprint density at radius 1 is 0.939 bits per heavy atom. The fraction of sp³-hybridized carbons (Fsp3) is 0.333. The maximum Gasteiger partial charge on any atom is 0.274 e. The molecule has 1 aliphatic heterocycles. The summed E-state index contributed by atoms with van der Waals surface area (Å²) in [5.41, 5.74) is 4.89. The van der Waals surface area contributed by atoms with E-state index in [-0.39, 0.29) is 5.91 Å². The number of hydrogen-bond acceptors (Lipinski definition) is 5. The van der Waals surface area contributed by atoms with Crippen molar-refractivity contribution in [1.82, 2.24) is 19.6 Å². The highest BCUT2D eigenvalue weighted by molar-refractivity contribution is 6.34. The van der Waals surface area contributed by atoms with Crippen LogP contribution in [-0.2, 0) is 6.42 Å². The number of fused-ring (bicyclic) bond motifs is 3. The number of nitrogens with zero attached hydrogens (tertiary/aromatic N) is 4. The number of ether oxygens (including phenoxy) is 2. The standard InChI is InChI=1S/C24H24Cl2N4O3/c1-28-4-6-29(7-5-28)24(31)22-19-8-14-9-20(32-2)21(33-3)13-18(14)23(19)30(27-22)17-11-15(25)10-16(26)12-17/h9-13H,4-8H2,1-3H3. The van der Waals surface area contributed by atoms with Crippen LogP contribution in [0.1, 0.15) is 21.6 Å². The maximum atomic E-state index is 13.6. The van der Waals surface area contributed by atoms with E-state index in [2.05, 4.69) is 11.9 Å². The third-order valence-electron chi connectivity index (χ3n) is 6.30. The second-order valence-corrected chi connectivity index (χ2v) is 9.22. The van der Waals surface area contributed by atoms with Crippen LogP contribution < -0.4 is 9.47 Å². The molecule has 2 heterocycles. The molecule has 3 aromatic rings. The number of carbonyl (C=O) groups excluding carboxylic acids is 1. The van der Waals surface area contributed by atoms with Crippen LogP contribution in [0.4, 0.5) is 0 Å². The molecule has 1 fully saturated rings. The Morgan fingerprint density at radius 2 is 1.58 bits per heavy atom. The largest absolute Gasteiger partial charge is 0.493 e. The summed E-state index contributed by atoms with van der Waals surface area (Å²) in [6, 6.07) is 9.17. The summed E-state index contributed by atoms with van der Waals surface area (Å²) in [5, 5.41) is 5.80. The SMILES string of the molecule is COc1cc2c(cc1OC)-c1c(c(C(=O)N3CCN(C)CC3)nn1-c1cc(Cl)cc(Cl)c1)C2. The van der Waals surface area contributed by atoms with Gasteiger partial charge < -0.3 is 19.3 Å². The van der Waals surface area contributed by atoms with Crippen LogP contribution in [0.2, 0.25) is 10.0 Å². The van der Waals surface area contributed by atoms with Gasteiger partial charge in [0.1, 0.15) is 0 Å². The fourth-order valence-corrected chi connectivity index (χ4v) is 5.07. The summed E-state index contributed by atoms with van der Waals surface area (Å²) in [4.78, 5) is 17.7. The van der Waals surface area contributed by atoms with E-state index in [4.69, 9.17) is 37.8 Å². The molecule has 172 valence electrons. The van der Waals surface area contributed by atoms with Gasteiger partial charge in [-0.05, 0) is 42.9 Å². The van der Waals surface area contributed by atoms with Crippen molar-refractivity contribution in [3.8, 4) is 28.4 Å². The molecule has 1 aliphatic carbocycles. The molecular formula is C24H24Cl2N4O3. The summed E-state index contributed by atoms with van der Waals surface area (Å²) in [5.74, 6) is 1.21. The van der Waals surface area contributed by atoms with E-state index in [1.165, 1.54) is 0 Å². The van der Waals surface area contributed by atoms with Gasteiger partial charge in [0.2, 0.25) is 0 Å².